The first-order valence-electron chi connectivity index (χ1n) is 6.84. The van der Waals surface area contributed by atoms with E-state index in [0.29, 0.717) is 45.3 Å². The minimum absolute atomic E-state index is 0.0642. The lowest BCUT2D eigenvalue weighted by Gasteiger charge is -2.08. The Morgan fingerprint density at radius 2 is 1.90 bits per heavy atom. The summed E-state index contributed by atoms with van der Waals surface area (Å²) in [4.78, 5) is 10.6. The van der Waals surface area contributed by atoms with Gasteiger partial charge in [-0.15, -0.1) is 0 Å². The van der Waals surface area contributed by atoms with E-state index in [1.807, 2.05) is 13.0 Å². The second kappa shape index (κ2) is 10.1. The van der Waals surface area contributed by atoms with Crippen molar-refractivity contribution in [1.29, 1.82) is 0 Å². The van der Waals surface area contributed by atoms with Crippen LogP contribution in [0.3, 0.4) is 0 Å². The Kier molecular flexibility index (Phi) is 8.34. The van der Waals surface area contributed by atoms with Crippen LogP contribution in [0.25, 0.3) is 0 Å². The van der Waals surface area contributed by atoms with Crippen molar-refractivity contribution < 1.29 is 19.1 Å². The van der Waals surface area contributed by atoms with Gasteiger partial charge in [-0.1, -0.05) is 6.07 Å². The summed E-state index contributed by atoms with van der Waals surface area (Å²) in [7, 11) is 1.61. The second-order valence-corrected chi connectivity index (χ2v) is 4.30. The molecule has 7 nitrogen and oxygen atoms in total. The van der Waals surface area contributed by atoms with Crippen molar-refractivity contribution in [2.75, 3.05) is 45.4 Å². The highest BCUT2D eigenvalue weighted by Crippen LogP contribution is 2.25. The number of nitrogens with zero attached hydrogens (tertiary/aromatic N) is 1. The van der Waals surface area contributed by atoms with Crippen LogP contribution in [-0.4, -0.2) is 45.0 Å². The summed E-state index contributed by atoms with van der Waals surface area (Å²) in [5, 5.41) is 14.0. The lowest BCUT2D eigenvalue weighted by molar-refractivity contribution is -0.384. The maximum Gasteiger partial charge on any atom is 0.292 e. The minimum Gasteiger partial charge on any atom is -0.382 e. The molecule has 0 amide bonds. The molecule has 1 aromatic carbocycles. The monoisotopic (exact) mass is 298 g/mol. The zero-order chi connectivity index (χ0) is 15.5. The molecule has 0 aliphatic carbocycles. The van der Waals surface area contributed by atoms with Crippen LogP contribution in [0.5, 0.6) is 0 Å². The molecule has 118 valence electrons. The lowest BCUT2D eigenvalue weighted by Crippen LogP contribution is -2.08. The van der Waals surface area contributed by atoms with E-state index in [1.165, 1.54) is 6.07 Å². The molecule has 0 unspecified atom stereocenters. The van der Waals surface area contributed by atoms with Crippen molar-refractivity contribution in [3.05, 3.63) is 33.9 Å². The zero-order valence-corrected chi connectivity index (χ0v) is 12.5. The van der Waals surface area contributed by atoms with Gasteiger partial charge in [-0.25, -0.2) is 0 Å². The Hall–Kier alpha value is -1.70. The number of nitro groups is 1. The Morgan fingerprint density at radius 1 is 1.19 bits per heavy atom. The third kappa shape index (κ3) is 6.52. The van der Waals surface area contributed by atoms with Gasteiger partial charge in [0.25, 0.3) is 5.69 Å². The Labute approximate surface area is 124 Å². The van der Waals surface area contributed by atoms with Crippen molar-refractivity contribution in [3.8, 4) is 0 Å². The molecule has 0 heterocycles. The van der Waals surface area contributed by atoms with Gasteiger partial charge in [0.05, 0.1) is 38.0 Å². The van der Waals surface area contributed by atoms with Gasteiger partial charge in [-0.05, 0) is 18.6 Å². The molecule has 0 bridgehead atoms. The van der Waals surface area contributed by atoms with Gasteiger partial charge in [0.15, 0.2) is 0 Å². The molecule has 0 radical (unpaired) electrons. The number of methoxy groups -OCH3 is 1. The highest BCUT2D eigenvalue weighted by molar-refractivity contribution is 5.62. The Morgan fingerprint density at radius 3 is 2.57 bits per heavy atom. The molecule has 0 aromatic heterocycles. The number of rotatable bonds is 11. The van der Waals surface area contributed by atoms with E-state index in [9.17, 15) is 10.1 Å². The van der Waals surface area contributed by atoms with Gasteiger partial charge in [-0.3, -0.25) is 10.1 Å². The van der Waals surface area contributed by atoms with Crippen molar-refractivity contribution in [3.63, 3.8) is 0 Å². The molecule has 0 aliphatic heterocycles. The van der Waals surface area contributed by atoms with Gasteiger partial charge < -0.3 is 19.5 Å². The molecule has 21 heavy (non-hydrogen) atoms. The second-order valence-electron chi connectivity index (χ2n) is 4.30. The van der Waals surface area contributed by atoms with E-state index >= 15 is 0 Å². The maximum atomic E-state index is 11.0. The molecule has 0 saturated carbocycles. The number of anilines is 1. The number of hydrogen-bond acceptors (Lipinski definition) is 6. The molecule has 0 spiro atoms. The lowest BCUT2D eigenvalue weighted by atomic mass is 10.2. The van der Waals surface area contributed by atoms with Crippen LogP contribution in [-0.2, 0) is 20.8 Å². The summed E-state index contributed by atoms with van der Waals surface area (Å²) in [6.45, 7) is 4.84. The van der Waals surface area contributed by atoms with E-state index in [1.54, 1.807) is 13.2 Å². The number of nitrogens with one attached hydrogen (secondary N) is 1. The normalized spacial score (nSPS) is 10.6. The summed E-state index contributed by atoms with van der Waals surface area (Å²) in [6.07, 6.45) is 0. The van der Waals surface area contributed by atoms with E-state index < -0.39 is 4.92 Å². The average Bonchev–Trinajstić information content (AvgIpc) is 2.47. The molecule has 1 N–H and O–H groups in total. The molecule has 0 atom stereocenters. The summed E-state index contributed by atoms with van der Waals surface area (Å²) >= 11 is 0. The Bertz CT molecular complexity index is 439. The number of benzene rings is 1. The molecule has 0 aliphatic rings. The molecule has 0 saturated heterocycles. The zero-order valence-electron chi connectivity index (χ0n) is 12.5. The van der Waals surface area contributed by atoms with Gasteiger partial charge in [0.2, 0.25) is 0 Å². The predicted molar refractivity (Wildman–Crippen MR) is 79.6 cm³/mol. The number of hydrogen-bond donors (Lipinski definition) is 1. The summed E-state index contributed by atoms with van der Waals surface area (Å²) in [5.74, 6) is 0. The molecule has 7 heteroatoms. The third-order valence-electron chi connectivity index (χ3n) is 2.70. The SMILES string of the molecule is CCNc1ccc(COCCOCCOC)cc1[N+](=O)[O-]. The van der Waals surface area contributed by atoms with Crippen LogP contribution in [0.1, 0.15) is 12.5 Å². The predicted octanol–water partition coefficient (Wildman–Crippen LogP) is 2.21. The topological polar surface area (TPSA) is 82.9 Å². The van der Waals surface area contributed by atoms with Crippen LogP contribution < -0.4 is 5.32 Å². The Balaban J connectivity index is 2.41. The molecular weight excluding hydrogens is 276 g/mol. The quantitative estimate of drug-likeness (QED) is 0.383. The van der Waals surface area contributed by atoms with Gasteiger partial charge in [0, 0.05) is 19.7 Å². The van der Waals surface area contributed by atoms with Crippen LogP contribution in [0, 0.1) is 10.1 Å². The average molecular weight is 298 g/mol. The third-order valence-corrected chi connectivity index (χ3v) is 2.70. The smallest absolute Gasteiger partial charge is 0.292 e. The van der Waals surface area contributed by atoms with Gasteiger partial charge >= 0.3 is 0 Å². The largest absolute Gasteiger partial charge is 0.382 e. The number of nitro benzene ring substituents is 1. The molecule has 1 aromatic rings. The first kappa shape index (κ1) is 17.4. The van der Waals surface area contributed by atoms with Crippen LogP contribution in [0.15, 0.2) is 18.2 Å². The van der Waals surface area contributed by atoms with Gasteiger partial charge in [-0.2, -0.15) is 0 Å². The molecular formula is C14H22N2O5. The summed E-state index contributed by atoms with van der Waals surface area (Å²) in [6, 6.07) is 5.05. The maximum absolute atomic E-state index is 11.0. The summed E-state index contributed by atoms with van der Waals surface area (Å²) < 4.78 is 15.5. The van der Waals surface area contributed by atoms with Crippen molar-refractivity contribution in [1.82, 2.24) is 0 Å². The first-order valence-corrected chi connectivity index (χ1v) is 6.84. The van der Waals surface area contributed by atoms with E-state index in [4.69, 9.17) is 14.2 Å². The van der Waals surface area contributed by atoms with Crippen LogP contribution in [0.2, 0.25) is 0 Å². The van der Waals surface area contributed by atoms with Crippen LogP contribution in [0.4, 0.5) is 11.4 Å². The first-order chi connectivity index (χ1) is 10.2. The van der Waals surface area contributed by atoms with Crippen molar-refractivity contribution in [2.24, 2.45) is 0 Å². The summed E-state index contributed by atoms with van der Waals surface area (Å²) in [5.41, 5.74) is 1.35. The van der Waals surface area contributed by atoms with E-state index in [2.05, 4.69) is 5.32 Å². The minimum atomic E-state index is -0.393. The molecule has 1 rings (SSSR count). The van der Waals surface area contributed by atoms with E-state index in [0.717, 1.165) is 5.56 Å². The fraction of sp³-hybridized carbons (Fsp3) is 0.571. The van der Waals surface area contributed by atoms with Gasteiger partial charge in [0.1, 0.15) is 5.69 Å². The van der Waals surface area contributed by atoms with Crippen LogP contribution >= 0.6 is 0 Å². The van der Waals surface area contributed by atoms with Crippen molar-refractivity contribution >= 4 is 11.4 Å². The fourth-order valence-corrected chi connectivity index (χ4v) is 1.71. The van der Waals surface area contributed by atoms with Crippen molar-refractivity contribution in [2.45, 2.75) is 13.5 Å². The highest BCUT2D eigenvalue weighted by atomic mass is 16.6. The molecule has 0 fully saturated rings. The highest BCUT2D eigenvalue weighted by Gasteiger charge is 2.13. The standard InChI is InChI=1S/C14H22N2O5/c1-3-15-13-5-4-12(10-14(13)16(17)18)11-21-9-8-20-7-6-19-2/h4-5,10,15H,3,6-9,11H2,1-2H3. The fourth-order valence-electron chi connectivity index (χ4n) is 1.71. The van der Waals surface area contributed by atoms with E-state index in [-0.39, 0.29) is 5.69 Å². The number of ether oxygens (including phenoxy) is 3.